The van der Waals surface area contributed by atoms with Crippen LogP contribution in [0.2, 0.25) is 0 Å². The van der Waals surface area contributed by atoms with E-state index in [4.69, 9.17) is 9.47 Å². The summed E-state index contributed by atoms with van der Waals surface area (Å²) in [6.45, 7) is 7.27. The lowest BCUT2D eigenvalue weighted by atomic mass is 10.3. The fraction of sp³-hybridized carbons (Fsp3) is 0.727. The quantitative estimate of drug-likeness (QED) is 0.474. The van der Waals surface area contributed by atoms with E-state index in [-0.39, 0.29) is 6.09 Å². The molecule has 0 aliphatic rings. The predicted octanol–water partition coefficient (Wildman–Crippen LogP) is 2.45. The smallest absolute Gasteiger partial charge is 0.407 e. The molecule has 1 N–H and O–H groups in total. The zero-order valence-electron chi connectivity index (χ0n) is 9.46. The van der Waals surface area contributed by atoms with Gasteiger partial charge in [0, 0.05) is 6.54 Å². The SMILES string of the molecule is C=COCCCCOC(=O)NCCCC. The molecule has 0 aliphatic heterocycles. The normalized spacial score (nSPS) is 9.40. The molecule has 0 saturated carbocycles. The second kappa shape index (κ2) is 10.9. The predicted molar refractivity (Wildman–Crippen MR) is 59.6 cm³/mol. The summed E-state index contributed by atoms with van der Waals surface area (Å²) in [4.78, 5) is 11.0. The number of nitrogens with one attached hydrogen (secondary N) is 1. The number of carbonyl (C=O) groups is 1. The summed E-state index contributed by atoms with van der Waals surface area (Å²) in [7, 11) is 0. The van der Waals surface area contributed by atoms with Crippen molar-refractivity contribution in [1.82, 2.24) is 5.32 Å². The Morgan fingerprint density at radius 3 is 2.73 bits per heavy atom. The van der Waals surface area contributed by atoms with E-state index in [1.54, 1.807) is 0 Å². The largest absolute Gasteiger partial charge is 0.502 e. The van der Waals surface area contributed by atoms with Crippen molar-refractivity contribution in [2.24, 2.45) is 0 Å². The van der Waals surface area contributed by atoms with Gasteiger partial charge < -0.3 is 14.8 Å². The molecule has 0 fully saturated rings. The third kappa shape index (κ3) is 10.7. The highest BCUT2D eigenvalue weighted by molar-refractivity contribution is 5.66. The molecule has 0 spiro atoms. The van der Waals surface area contributed by atoms with Gasteiger partial charge in [-0.1, -0.05) is 19.9 Å². The van der Waals surface area contributed by atoms with Crippen molar-refractivity contribution >= 4 is 6.09 Å². The van der Waals surface area contributed by atoms with Crippen molar-refractivity contribution in [3.63, 3.8) is 0 Å². The number of alkyl carbamates (subject to hydrolysis) is 1. The minimum Gasteiger partial charge on any atom is -0.502 e. The van der Waals surface area contributed by atoms with E-state index >= 15 is 0 Å². The number of amides is 1. The first-order valence-electron chi connectivity index (χ1n) is 5.44. The minimum absolute atomic E-state index is 0.326. The van der Waals surface area contributed by atoms with Gasteiger partial charge in [-0.05, 0) is 19.3 Å². The zero-order chi connectivity index (χ0) is 11.4. The highest BCUT2D eigenvalue weighted by Crippen LogP contribution is 1.92. The van der Waals surface area contributed by atoms with Crippen LogP contribution in [0.5, 0.6) is 0 Å². The van der Waals surface area contributed by atoms with Crippen LogP contribution in [-0.4, -0.2) is 25.9 Å². The summed E-state index contributed by atoms with van der Waals surface area (Å²) in [6, 6.07) is 0. The lowest BCUT2D eigenvalue weighted by molar-refractivity contribution is 0.139. The Bertz CT molecular complexity index is 171. The van der Waals surface area contributed by atoms with E-state index in [2.05, 4.69) is 18.8 Å². The third-order valence-corrected chi connectivity index (χ3v) is 1.81. The Morgan fingerprint density at radius 2 is 2.07 bits per heavy atom. The summed E-state index contributed by atoms with van der Waals surface area (Å²) >= 11 is 0. The van der Waals surface area contributed by atoms with Crippen LogP contribution in [0.4, 0.5) is 4.79 Å². The summed E-state index contributed by atoms with van der Waals surface area (Å²) < 4.78 is 9.87. The lowest BCUT2D eigenvalue weighted by Crippen LogP contribution is -2.25. The Labute approximate surface area is 91.6 Å². The molecule has 0 aromatic rings. The van der Waals surface area contributed by atoms with Gasteiger partial charge in [0.2, 0.25) is 0 Å². The van der Waals surface area contributed by atoms with Crippen molar-refractivity contribution in [3.8, 4) is 0 Å². The molecule has 0 rings (SSSR count). The molecule has 88 valence electrons. The molecule has 0 saturated heterocycles. The number of ether oxygens (including phenoxy) is 2. The Kier molecular flexibility index (Phi) is 10.0. The molecule has 4 nitrogen and oxygen atoms in total. The van der Waals surface area contributed by atoms with Gasteiger partial charge in [0.25, 0.3) is 0 Å². The van der Waals surface area contributed by atoms with Crippen LogP contribution in [0.1, 0.15) is 32.6 Å². The fourth-order valence-corrected chi connectivity index (χ4v) is 0.954. The number of rotatable bonds is 9. The van der Waals surface area contributed by atoms with E-state index < -0.39 is 0 Å². The van der Waals surface area contributed by atoms with Gasteiger partial charge in [-0.3, -0.25) is 0 Å². The molecule has 0 atom stereocenters. The third-order valence-electron chi connectivity index (χ3n) is 1.81. The van der Waals surface area contributed by atoms with Crippen LogP contribution in [0.15, 0.2) is 12.8 Å². The van der Waals surface area contributed by atoms with Crippen LogP contribution in [0.25, 0.3) is 0 Å². The van der Waals surface area contributed by atoms with Gasteiger partial charge in [0.15, 0.2) is 0 Å². The van der Waals surface area contributed by atoms with Crippen LogP contribution in [0.3, 0.4) is 0 Å². The summed E-state index contributed by atoms with van der Waals surface area (Å²) in [5.41, 5.74) is 0. The van der Waals surface area contributed by atoms with Gasteiger partial charge in [-0.25, -0.2) is 4.79 Å². The van der Waals surface area contributed by atoms with E-state index in [1.165, 1.54) is 6.26 Å². The van der Waals surface area contributed by atoms with Crippen LogP contribution in [0, 0.1) is 0 Å². The average molecular weight is 215 g/mol. The second-order valence-corrected chi connectivity index (χ2v) is 3.16. The first kappa shape index (κ1) is 13.8. The van der Waals surface area contributed by atoms with Crippen molar-refractivity contribution in [3.05, 3.63) is 12.8 Å². The van der Waals surface area contributed by atoms with Gasteiger partial charge in [-0.15, -0.1) is 0 Å². The molecule has 0 aromatic carbocycles. The maximum Gasteiger partial charge on any atom is 0.407 e. The summed E-state index contributed by atoms with van der Waals surface area (Å²) in [5, 5.41) is 2.68. The average Bonchev–Trinajstić information content (AvgIpc) is 2.23. The van der Waals surface area contributed by atoms with Crippen LogP contribution < -0.4 is 5.32 Å². The first-order valence-corrected chi connectivity index (χ1v) is 5.44. The van der Waals surface area contributed by atoms with Gasteiger partial charge in [-0.2, -0.15) is 0 Å². The molecule has 1 amide bonds. The topological polar surface area (TPSA) is 47.6 Å². The monoisotopic (exact) mass is 215 g/mol. The molecule has 0 radical (unpaired) electrons. The Balaban J connectivity index is 3.13. The fourth-order valence-electron chi connectivity index (χ4n) is 0.954. The first-order chi connectivity index (χ1) is 7.31. The number of hydrogen-bond acceptors (Lipinski definition) is 3. The Morgan fingerprint density at radius 1 is 1.33 bits per heavy atom. The van der Waals surface area contributed by atoms with Crippen molar-refractivity contribution in [1.29, 1.82) is 0 Å². The van der Waals surface area contributed by atoms with Crippen molar-refractivity contribution < 1.29 is 14.3 Å². The molecule has 0 aromatic heterocycles. The highest BCUT2D eigenvalue weighted by atomic mass is 16.5. The number of hydrogen-bond donors (Lipinski definition) is 1. The molecular formula is C11H21NO3. The molecule has 4 heteroatoms. The Hall–Kier alpha value is -1.19. The minimum atomic E-state index is -0.326. The lowest BCUT2D eigenvalue weighted by Gasteiger charge is -2.06. The van der Waals surface area contributed by atoms with E-state index in [0.717, 1.165) is 25.7 Å². The van der Waals surface area contributed by atoms with Gasteiger partial charge >= 0.3 is 6.09 Å². The maximum atomic E-state index is 11.0. The van der Waals surface area contributed by atoms with E-state index in [9.17, 15) is 4.79 Å². The molecule has 0 heterocycles. The second-order valence-electron chi connectivity index (χ2n) is 3.16. The zero-order valence-corrected chi connectivity index (χ0v) is 9.46. The summed E-state index contributed by atoms with van der Waals surface area (Å²) in [6.07, 6.45) is 4.83. The maximum absolute atomic E-state index is 11.0. The van der Waals surface area contributed by atoms with E-state index in [0.29, 0.717) is 19.8 Å². The van der Waals surface area contributed by atoms with Gasteiger partial charge in [0.1, 0.15) is 0 Å². The molecule has 15 heavy (non-hydrogen) atoms. The number of carbonyl (C=O) groups excluding carboxylic acids is 1. The molecule has 0 unspecified atom stereocenters. The molecular weight excluding hydrogens is 194 g/mol. The highest BCUT2D eigenvalue weighted by Gasteiger charge is 1.99. The summed E-state index contributed by atoms with van der Waals surface area (Å²) in [5.74, 6) is 0. The van der Waals surface area contributed by atoms with Gasteiger partial charge in [0.05, 0.1) is 19.5 Å². The van der Waals surface area contributed by atoms with Crippen LogP contribution in [-0.2, 0) is 9.47 Å². The van der Waals surface area contributed by atoms with Crippen LogP contribution >= 0.6 is 0 Å². The van der Waals surface area contributed by atoms with Crippen molar-refractivity contribution in [2.45, 2.75) is 32.6 Å². The standard InChI is InChI=1S/C11H21NO3/c1-3-5-8-12-11(13)15-10-7-6-9-14-4-2/h4H,2-3,5-10H2,1H3,(H,12,13). The van der Waals surface area contributed by atoms with E-state index in [1.807, 2.05) is 0 Å². The number of unbranched alkanes of at least 4 members (excludes halogenated alkanes) is 2. The molecule has 0 bridgehead atoms. The molecule has 0 aliphatic carbocycles. The van der Waals surface area contributed by atoms with Crippen molar-refractivity contribution in [2.75, 3.05) is 19.8 Å².